The highest BCUT2D eigenvalue weighted by atomic mass is 16.5. The molecular formula is C14H21NO2. The van der Waals surface area contributed by atoms with E-state index in [2.05, 4.69) is 6.92 Å². The predicted molar refractivity (Wildman–Crippen MR) is 69.0 cm³/mol. The molecule has 3 heteroatoms. The van der Waals surface area contributed by atoms with Crippen LogP contribution in [0.15, 0.2) is 24.3 Å². The number of carbonyl (C=O) groups is 1. The van der Waals surface area contributed by atoms with Gasteiger partial charge in [0.15, 0.2) is 0 Å². The standard InChI is InChI=1S/C14H21NO2/c1-2-3-4-5-6-12-7-9-13(10-8-12)17-14(16)11-15/h7-10H,2-6,11,15H2,1H3. The molecule has 0 aromatic heterocycles. The zero-order valence-electron chi connectivity index (χ0n) is 10.4. The molecule has 94 valence electrons. The molecule has 0 spiro atoms. The highest BCUT2D eigenvalue weighted by Crippen LogP contribution is 2.14. The summed E-state index contributed by atoms with van der Waals surface area (Å²) in [5.74, 6) is 0.165. The molecular weight excluding hydrogens is 214 g/mol. The van der Waals surface area contributed by atoms with Gasteiger partial charge in [0.1, 0.15) is 5.75 Å². The molecule has 0 amide bonds. The lowest BCUT2D eigenvalue weighted by atomic mass is 10.1. The number of rotatable bonds is 7. The van der Waals surface area contributed by atoms with Gasteiger partial charge in [-0.15, -0.1) is 0 Å². The predicted octanol–water partition coefficient (Wildman–Crippen LogP) is 2.67. The van der Waals surface area contributed by atoms with E-state index in [-0.39, 0.29) is 6.54 Å². The van der Waals surface area contributed by atoms with Gasteiger partial charge in [-0.1, -0.05) is 38.3 Å². The molecule has 1 aromatic rings. The summed E-state index contributed by atoms with van der Waals surface area (Å²) in [6, 6.07) is 7.65. The molecule has 0 saturated heterocycles. The Balaban J connectivity index is 2.36. The maximum Gasteiger partial charge on any atom is 0.325 e. The third kappa shape index (κ3) is 5.50. The van der Waals surface area contributed by atoms with Crippen LogP contribution in [0.2, 0.25) is 0 Å². The maximum absolute atomic E-state index is 11.0. The summed E-state index contributed by atoms with van der Waals surface area (Å²) in [4.78, 5) is 11.0. The van der Waals surface area contributed by atoms with E-state index in [4.69, 9.17) is 10.5 Å². The lowest BCUT2D eigenvalue weighted by Crippen LogP contribution is -2.19. The van der Waals surface area contributed by atoms with Crippen LogP contribution in [0.3, 0.4) is 0 Å². The molecule has 1 aromatic carbocycles. The van der Waals surface area contributed by atoms with Crippen molar-refractivity contribution in [2.45, 2.75) is 39.0 Å². The molecule has 1 rings (SSSR count). The number of unbranched alkanes of at least 4 members (excludes halogenated alkanes) is 3. The van der Waals surface area contributed by atoms with Crippen LogP contribution in [0.1, 0.15) is 38.2 Å². The molecule has 0 heterocycles. The monoisotopic (exact) mass is 235 g/mol. The highest BCUT2D eigenvalue weighted by molar-refractivity contribution is 5.74. The Bertz CT molecular complexity index is 333. The molecule has 0 saturated carbocycles. The number of nitrogens with two attached hydrogens (primary N) is 1. The average Bonchev–Trinajstić information content (AvgIpc) is 2.36. The number of hydrogen-bond donors (Lipinski definition) is 1. The minimum Gasteiger partial charge on any atom is -0.426 e. The van der Waals surface area contributed by atoms with Crippen LogP contribution in [0, 0.1) is 0 Å². The lowest BCUT2D eigenvalue weighted by molar-refractivity contribution is -0.132. The summed E-state index contributed by atoms with van der Waals surface area (Å²) in [6.45, 7) is 2.12. The first-order valence-electron chi connectivity index (χ1n) is 6.26. The molecule has 0 unspecified atom stereocenters. The van der Waals surface area contributed by atoms with Gasteiger partial charge >= 0.3 is 5.97 Å². The second-order valence-corrected chi connectivity index (χ2v) is 4.13. The van der Waals surface area contributed by atoms with Gasteiger partial charge in [0.25, 0.3) is 0 Å². The molecule has 3 nitrogen and oxygen atoms in total. The van der Waals surface area contributed by atoms with E-state index in [1.807, 2.05) is 24.3 Å². The molecule has 17 heavy (non-hydrogen) atoms. The molecule has 0 fully saturated rings. The summed E-state index contributed by atoms with van der Waals surface area (Å²) in [7, 11) is 0. The van der Waals surface area contributed by atoms with Crippen molar-refractivity contribution in [2.75, 3.05) is 6.54 Å². The Morgan fingerprint density at radius 3 is 2.47 bits per heavy atom. The molecule has 0 aliphatic rings. The maximum atomic E-state index is 11.0. The Morgan fingerprint density at radius 2 is 1.88 bits per heavy atom. The van der Waals surface area contributed by atoms with Crippen molar-refractivity contribution in [2.24, 2.45) is 5.73 Å². The first kappa shape index (κ1) is 13.7. The van der Waals surface area contributed by atoms with E-state index in [1.165, 1.54) is 31.2 Å². The summed E-state index contributed by atoms with van der Waals surface area (Å²) in [5.41, 5.74) is 6.46. The number of esters is 1. The van der Waals surface area contributed by atoms with Crippen LogP contribution in [-0.4, -0.2) is 12.5 Å². The third-order valence-corrected chi connectivity index (χ3v) is 2.64. The van der Waals surface area contributed by atoms with E-state index in [1.54, 1.807) is 0 Å². The Hall–Kier alpha value is -1.35. The van der Waals surface area contributed by atoms with Crippen LogP contribution < -0.4 is 10.5 Å². The number of ether oxygens (including phenoxy) is 1. The fourth-order valence-corrected chi connectivity index (χ4v) is 1.65. The largest absolute Gasteiger partial charge is 0.426 e. The highest BCUT2D eigenvalue weighted by Gasteiger charge is 2.01. The van der Waals surface area contributed by atoms with E-state index < -0.39 is 5.97 Å². The average molecular weight is 235 g/mol. The fourth-order valence-electron chi connectivity index (χ4n) is 1.65. The van der Waals surface area contributed by atoms with E-state index >= 15 is 0 Å². The summed E-state index contributed by atoms with van der Waals surface area (Å²) in [6.07, 6.45) is 6.14. The number of aryl methyl sites for hydroxylation is 1. The van der Waals surface area contributed by atoms with Gasteiger partial charge in [0.05, 0.1) is 6.54 Å². The van der Waals surface area contributed by atoms with Gasteiger partial charge < -0.3 is 10.5 Å². The van der Waals surface area contributed by atoms with Gasteiger partial charge in [-0.2, -0.15) is 0 Å². The Kier molecular flexibility index (Phi) is 6.33. The molecule has 0 aliphatic carbocycles. The van der Waals surface area contributed by atoms with E-state index in [0.29, 0.717) is 5.75 Å². The smallest absolute Gasteiger partial charge is 0.325 e. The number of benzene rings is 1. The van der Waals surface area contributed by atoms with Crippen molar-refractivity contribution in [3.8, 4) is 5.75 Å². The zero-order chi connectivity index (χ0) is 12.5. The first-order valence-corrected chi connectivity index (χ1v) is 6.26. The number of carbonyl (C=O) groups excluding carboxylic acids is 1. The zero-order valence-corrected chi connectivity index (χ0v) is 10.4. The van der Waals surface area contributed by atoms with Gasteiger partial charge in [0, 0.05) is 0 Å². The van der Waals surface area contributed by atoms with Crippen molar-refractivity contribution < 1.29 is 9.53 Å². The van der Waals surface area contributed by atoms with Crippen molar-refractivity contribution in [1.29, 1.82) is 0 Å². The molecule has 0 aliphatic heterocycles. The van der Waals surface area contributed by atoms with Crippen molar-refractivity contribution in [1.82, 2.24) is 0 Å². The summed E-state index contributed by atoms with van der Waals surface area (Å²) in [5, 5.41) is 0. The van der Waals surface area contributed by atoms with Crippen LogP contribution in [0.25, 0.3) is 0 Å². The van der Waals surface area contributed by atoms with Gasteiger partial charge in [-0.25, -0.2) is 0 Å². The fraction of sp³-hybridized carbons (Fsp3) is 0.500. The Morgan fingerprint density at radius 1 is 1.18 bits per heavy atom. The Labute approximate surface area is 103 Å². The topological polar surface area (TPSA) is 52.3 Å². The second kappa shape index (κ2) is 7.85. The van der Waals surface area contributed by atoms with E-state index in [0.717, 1.165) is 6.42 Å². The normalized spacial score (nSPS) is 10.2. The van der Waals surface area contributed by atoms with Gasteiger partial charge in [-0.05, 0) is 30.5 Å². The summed E-state index contributed by atoms with van der Waals surface area (Å²) < 4.78 is 5.00. The molecule has 2 N–H and O–H groups in total. The molecule has 0 radical (unpaired) electrons. The summed E-state index contributed by atoms with van der Waals surface area (Å²) >= 11 is 0. The van der Waals surface area contributed by atoms with E-state index in [9.17, 15) is 4.79 Å². The van der Waals surface area contributed by atoms with Crippen LogP contribution in [-0.2, 0) is 11.2 Å². The quantitative estimate of drug-likeness (QED) is 0.449. The molecule has 0 atom stereocenters. The minimum absolute atomic E-state index is 0.0846. The SMILES string of the molecule is CCCCCCc1ccc(OC(=O)CN)cc1. The number of hydrogen-bond acceptors (Lipinski definition) is 3. The molecule has 0 bridgehead atoms. The van der Waals surface area contributed by atoms with Gasteiger partial charge in [0.2, 0.25) is 0 Å². The minimum atomic E-state index is -0.402. The van der Waals surface area contributed by atoms with Crippen molar-refractivity contribution in [3.05, 3.63) is 29.8 Å². The van der Waals surface area contributed by atoms with Crippen LogP contribution in [0.4, 0.5) is 0 Å². The van der Waals surface area contributed by atoms with Crippen molar-refractivity contribution >= 4 is 5.97 Å². The van der Waals surface area contributed by atoms with Crippen molar-refractivity contribution in [3.63, 3.8) is 0 Å². The second-order valence-electron chi connectivity index (χ2n) is 4.13. The first-order chi connectivity index (χ1) is 8.26. The van der Waals surface area contributed by atoms with Crippen LogP contribution >= 0.6 is 0 Å². The van der Waals surface area contributed by atoms with Gasteiger partial charge in [-0.3, -0.25) is 4.79 Å². The van der Waals surface area contributed by atoms with Crippen LogP contribution in [0.5, 0.6) is 5.75 Å². The lowest BCUT2D eigenvalue weighted by Gasteiger charge is -2.04. The third-order valence-electron chi connectivity index (χ3n) is 2.64.